The van der Waals surface area contributed by atoms with E-state index in [2.05, 4.69) is 20.1 Å². The lowest BCUT2D eigenvalue weighted by atomic mass is 10.4. The standard InChI is InChI=1S/C12H12N6S/c1-18-12-9(6-15-18)11(13)16-10(17-12)7-19-8-2-4-14-5-3-8/h2-6H,7H2,1H3,(H2,13,16,17). The van der Waals surface area contributed by atoms with E-state index in [1.54, 1.807) is 35.0 Å². The fraction of sp³-hybridized carbons (Fsp3) is 0.167. The van der Waals surface area contributed by atoms with Gasteiger partial charge in [-0.2, -0.15) is 5.10 Å². The van der Waals surface area contributed by atoms with E-state index in [9.17, 15) is 0 Å². The minimum Gasteiger partial charge on any atom is -0.383 e. The molecule has 3 heterocycles. The second kappa shape index (κ2) is 4.85. The maximum atomic E-state index is 5.92. The van der Waals surface area contributed by atoms with Gasteiger partial charge in [0.2, 0.25) is 0 Å². The second-order valence-corrected chi connectivity index (χ2v) is 5.05. The molecule has 0 saturated carbocycles. The minimum absolute atomic E-state index is 0.475. The van der Waals surface area contributed by atoms with Crippen molar-refractivity contribution in [1.29, 1.82) is 0 Å². The summed E-state index contributed by atoms with van der Waals surface area (Å²) in [4.78, 5) is 13.9. The maximum absolute atomic E-state index is 5.92. The number of anilines is 1. The zero-order valence-electron chi connectivity index (χ0n) is 10.3. The number of rotatable bonds is 3. The van der Waals surface area contributed by atoms with Gasteiger partial charge in [-0.25, -0.2) is 9.97 Å². The van der Waals surface area contributed by atoms with E-state index in [4.69, 9.17) is 5.73 Å². The van der Waals surface area contributed by atoms with Gasteiger partial charge in [0, 0.05) is 24.3 Å². The summed E-state index contributed by atoms with van der Waals surface area (Å²) >= 11 is 1.65. The zero-order valence-corrected chi connectivity index (χ0v) is 11.1. The predicted octanol–water partition coefficient (Wildman–Crippen LogP) is 1.63. The number of aromatic nitrogens is 5. The van der Waals surface area contributed by atoms with Crippen LogP contribution in [0.1, 0.15) is 5.82 Å². The molecule has 0 aliphatic heterocycles. The quantitative estimate of drug-likeness (QED) is 0.730. The summed E-state index contributed by atoms with van der Waals surface area (Å²) in [6, 6.07) is 3.91. The van der Waals surface area contributed by atoms with Crippen molar-refractivity contribution in [3.8, 4) is 0 Å². The van der Waals surface area contributed by atoms with Crippen LogP contribution >= 0.6 is 11.8 Å². The number of thioether (sulfide) groups is 1. The second-order valence-electron chi connectivity index (χ2n) is 4.00. The van der Waals surface area contributed by atoms with Crippen LogP contribution in [0.25, 0.3) is 11.0 Å². The lowest BCUT2D eigenvalue weighted by Gasteiger charge is -2.03. The van der Waals surface area contributed by atoms with Crippen LogP contribution in [0.4, 0.5) is 5.82 Å². The molecular formula is C12H12N6S. The summed E-state index contributed by atoms with van der Waals surface area (Å²) < 4.78 is 1.70. The summed E-state index contributed by atoms with van der Waals surface area (Å²) in [5.41, 5.74) is 6.68. The topological polar surface area (TPSA) is 82.5 Å². The molecule has 0 bridgehead atoms. The highest BCUT2D eigenvalue weighted by Gasteiger charge is 2.09. The summed E-state index contributed by atoms with van der Waals surface area (Å²) in [7, 11) is 1.84. The molecule has 0 aliphatic rings. The van der Waals surface area contributed by atoms with Crippen LogP contribution in [-0.4, -0.2) is 24.7 Å². The number of aryl methyl sites for hydroxylation is 1. The fourth-order valence-electron chi connectivity index (χ4n) is 1.74. The Morgan fingerprint density at radius 2 is 2.05 bits per heavy atom. The molecule has 3 aromatic rings. The van der Waals surface area contributed by atoms with Crippen LogP contribution in [-0.2, 0) is 12.8 Å². The molecule has 0 fully saturated rings. The summed E-state index contributed by atoms with van der Waals surface area (Å²) in [5.74, 6) is 1.84. The van der Waals surface area contributed by atoms with E-state index in [1.807, 2.05) is 19.2 Å². The molecule has 3 rings (SSSR count). The third-order valence-electron chi connectivity index (χ3n) is 2.69. The van der Waals surface area contributed by atoms with Gasteiger partial charge in [-0.3, -0.25) is 9.67 Å². The number of fused-ring (bicyclic) bond motifs is 1. The highest BCUT2D eigenvalue weighted by Crippen LogP contribution is 2.23. The van der Waals surface area contributed by atoms with E-state index in [-0.39, 0.29) is 0 Å². The lowest BCUT2D eigenvalue weighted by molar-refractivity contribution is 0.782. The van der Waals surface area contributed by atoms with Gasteiger partial charge in [0.05, 0.1) is 17.3 Å². The Bertz CT molecular complexity index is 709. The van der Waals surface area contributed by atoms with Gasteiger partial charge in [-0.05, 0) is 12.1 Å². The third-order valence-corrected chi connectivity index (χ3v) is 3.69. The van der Waals surface area contributed by atoms with E-state index >= 15 is 0 Å². The summed E-state index contributed by atoms with van der Waals surface area (Å²) in [6.45, 7) is 0. The molecule has 96 valence electrons. The number of nitrogens with zero attached hydrogens (tertiary/aromatic N) is 5. The first-order chi connectivity index (χ1) is 9.24. The summed E-state index contributed by atoms with van der Waals surface area (Å²) in [5, 5.41) is 4.93. The number of nitrogen functional groups attached to an aromatic ring is 1. The van der Waals surface area contributed by atoms with Crippen molar-refractivity contribution in [3.05, 3.63) is 36.5 Å². The first-order valence-corrected chi connectivity index (χ1v) is 6.69. The van der Waals surface area contributed by atoms with Gasteiger partial charge in [-0.15, -0.1) is 11.8 Å². The largest absolute Gasteiger partial charge is 0.383 e. The molecular weight excluding hydrogens is 260 g/mol. The minimum atomic E-state index is 0.475. The number of hydrogen-bond donors (Lipinski definition) is 1. The van der Waals surface area contributed by atoms with Crippen LogP contribution < -0.4 is 5.73 Å². The zero-order chi connectivity index (χ0) is 13.2. The van der Waals surface area contributed by atoms with E-state index in [1.165, 1.54) is 0 Å². The molecule has 7 heteroatoms. The molecule has 6 nitrogen and oxygen atoms in total. The van der Waals surface area contributed by atoms with Gasteiger partial charge in [0.1, 0.15) is 11.6 Å². The monoisotopic (exact) mass is 272 g/mol. The molecule has 19 heavy (non-hydrogen) atoms. The Kier molecular flexibility index (Phi) is 3.04. The highest BCUT2D eigenvalue weighted by atomic mass is 32.2. The molecule has 0 unspecified atom stereocenters. The van der Waals surface area contributed by atoms with Crippen LogP contribution in [0.15, 0.2) is 35.6 Å². The number of pyridine rings is 1. The van der Waals surface area contributed by atoms with Gasteiger partial charge in [0.25, 0.3) is 0 Å². The molecule has 0 saturated heterocycles. The molecule has 2 N–H and O–H groups in total. The van der Waals surface area contributed by atoms with Crippen LogP contribution in [0.3, 0.4) is 0 Å². The van der Waals surface area contributed by atoms with Crippen molar-refractivity contribution in [2.45, 2.75) is 10.6 Å². The van der Waals surface area contributed by atoms with Crippen LogP contribution in [0.5, 0.6) is 0 Å². The molecule has 0 radical (unpaired) electrons. The Hall–Kier alpha value is -2.15. The van der Waals surface area contributed by atoms with Crippen LogP contribution in [0, 0.1) is 0 Å². The Labute approximate surface area is 114 Å². The van der Waals surface area contributed by atoms with Gasteiger partial charge >= 0.3 is 0 Å². The van der Waals surface area contributed by atoms with Crippen molar-refractivity contribution in [2.75, 3.05) is 5.73 Å². The average Bonchev–Trinajstić information content (AvgIpc) is 2.80. The first kappa shape index (κ1) is 11.9. The normalized spacial score (nSPS) is 11.0. The SMILES string of the molecule is Cn1ncc2c(N)nc(CSc3ccncc3)nc21. The predicted molar refractivity (Wildman–Crippen MR) is 74.5 cm³/mol. The van der Waals surface area contributed by atoms with Crippen molar-refractivity contribution < 1.29 is 0 Å². The smallest absolute Gasteiger partial charge is 0.163 e. The van der Waals surface area contributed by atoms with Gasteiger partial charge in [0.15, 0.2) is 5.65 Å². The maximum Gasteiger partial charge on any atom is 0.163 e. The number of nitrogens with two attached hydrogens (primary N) is 1. The highest BCUT2D eigenvalue weighted by molar-refractivity contribution is 7.98. The van der Waals surface area contributed by atoms with Crippen molar-refractivity contribution in [3.63, 3.8) is 0 Å². The molecule has 0 aromatic carbocycles. The van der Waals surface area contributed by atoms with E-state index in [0.717, 1.165) is 15.9 Å². The lowest BCUT2D eigenvalue weighted by Crippen LogP contribution is -2.01. The molecule has 0 spiro atoms. The van der Waals surface area contributed by atoms with E-state index < -0.39 is 0 Å². The van der Waals surface area contributed by atoms with Gasteiger partial charge < -0.3 is 5.73 Å². The Morgan fingerprint density at radius 1 is 1.26 bits per heavy atom. The van der Waals surface area contributed by atoms with E-state index in [0.29, 0.717) is 17.4 Å². The average molecular weight is 272 g/mol. The third kappa shape index (κ3) is 2.37. The molecule has 3 aromatic heterocycles. The number of hydrogen-bond acceptors (Lipinski definition) is 6. The summed E-state index contributed by atoms with van der Waals surface area (Å²) in [6.07, 6.45) is 5.22. The van der Waals surface area contributed by atoms with Crippen molar-refractivity contribution >= 4 is 28.6 Å². The first-order valence-electron chi connectivity index (χ1n) is 5.71. The Balaban J connectivity index is 1.87. The van der Waals surface area contributed by atoms with Crippen molar-refractivity contribution in [2.24, 2.45) is 7.05 Å². The fourth-order valence-corrected chi connectivity index (χ4v) is 2.48. The molecule has 0 amide bonds. The molecule has 0 aliphatic carbocycles. The van der Waals surface area contributed by atoms with Crippen molar-refractivity contribution in [1.82, 2.24) is 24.7 Å². The van der Waals surface area contributed by atoms with Crippen LogP contribution in [0.2, 0.25) is 0 Å². The Morgan fingerprint density at radius 3 is 2.84 bits per heavy atom. The van der Waals surface area contributed by atoms with Gasteiger partial charge in [-0.1, -0.05) is 0 Å². The molecule has 0 atom stereocenters.